The second kappa shape index (κ2) is 4.16. The van der Waals surface area contributed by atoms with Gasteiger partial charge in [-0.05, 0) is 36.8 Å². The Balaban J connectivity index is 2.12. The van der Waals surface area contributed by atoms with Crippen molar-refractivity contribution in [1.29, 1.82) is 0 Å². The second-order valence-corrected chi connectivity index (χ2v) is 4.20. The summed E-state index contributed by atoms with van der Waals surface area (Å²) in [7, 11) is 0. The van der Waals surface area contributed by atoms with E-state index in [2.05, 4.69) is 10.3 Å². The molecule has 0 unspecified atom stereocenters. The number of benzene rings is 1. The van der Waals surface area contributed by atoms with E-state index in [-0.39, 0.29) is 5.75 Å². The van der Waals surface area contributed by atoms with Gasteiger partial charge in [-0.2, -0.15) is 4.68 Å². The molecule has 96 valence electrons. The normalized spacial score (nSPS) is 10.8. The fourth-order valence-electron chi connectivity index (χ4n) is 1.87. The Bertz CT molecular complexity index is 716. The van der Waals surface area contributed by atoms with Crippen LogP contribution in [0.5, 0.6) is 5.75 Å². The number of anilines is 1. The first-order valence-electron chi connectivity index (χ1n) is 5.72. The van der Waals surface area contributed by atoms with Crippen LogP contribution < -0.4 is 5.73 Å². The summed E-state index contributed by atoms with van der Waals surface area (Å²) >= 11 is 0. The lowest BCUT2D eigenvalue weighted by Gasteiger charge is -2.06. The highest BCUT2D eigenvalue weighted by Crippen LogP contribution is 2.29. The number of aromatic hydroxyl groups is 1. The predicted octanol–water partition coefficient (Wildman–Crippen LogP) is 2.12. The molecule has 6 heteroatoms. The van der Waals surface area contributed by atoms with E-state index in [0.717, 1.165) is 5.56 Å². The van der Waals surface area contributed by atoms with E-state index in [1.807, 2.05) is 13.0 Å². The lowest BCUT2D eigenvalue weighted by atomic mass is 10.2. The Morgan fingerprint density at radius 1 is 1.32 bits per heavy atom. The van der Waals surface area contributed by atoms with Gasteiger partial charge in [0.15, 0.2) is 17.3 Å². The topological polar surface area (TPSA) is 90.1 Å². The molecule has 0 amide bonds. The van der Waals surface area contributed by atoms with Crippen LogP contribution in [0.3, 0.4) is 0 Å². The molecule has 0 aliphatic rings. The standard InChI is InChI=1S/C13H12N4O2/c1-8-4-5-9(10(18)7-8)17-13(14)12(15-16-17)11-3-2-6-19-11/h2-7,18H,14H2,1H3. The van der Waals surface area contributed by atoms with Crippen molar-refractivity contribution in [2.75, 3.05) is 5.73 Å². The van der Waals surface area contributed by atoms with Gasteiger partial charge in [-0.3, -0.25) is 0 Å². The number of phenols is 1. The predicted molar refractivity (Wildman–Crippen MR) is 69.9 cm³/mol. The van der Waals surface area contributed by atoms with E-state index in [9.17, 15) is 5.11 Å². The zero-order chi connectivity index (χ0) is 13.4. The lowest BCUT2D eigenvalue weighted by Crippen LogP contribution is -2.02. The minimum atomic E-state index is 0.0996. The molecule has 0 saturated heterocycles. The molecule has 2 aromatic heterocycles. The first kappa shape index (κ1) is 11.3. The molecule has 0 spiro atoms. The maximum absolute atomic E-state index is 9.94. The zero-order valence-corrected chi connectivity index (χ0v) is 10.2. The highest BCUT2D eigenvalue weighted by molar-refractivity contribution is 5.67. The van der Waals surface area contributed by atoms with Crippen molar-refractivity contribution in [2.45, 2.75) is 6.92 Å². The fraction of sp³-hybridized carbons (Fsp3) is 0.0769. The summed E-state index contributed by atoms with van der Waals surface area (Å²) in [6.07, 6.45) is 1.54. The van der Waals surface area contributed by atoms with Gasteiger partial charge < -0.3 is 15.3 Å². The molecule has 0 radical (unpaired) electrons. The van der Waals surface area contributed by atoms with Crippen molar-refractivity contribution in [2.24, 2.45) is 0 Å². The highest BCUT2D eigenvalue weighted by Gasteiger charge is 2.16. The molecule has 0 aliphatic carbocycles. The van der Waals surface area contributed by atoms with Gasteiger partial charge in [0.05, 0.1) is 6.26 Å². The van der Waals surface area contributed by atoms with Crippen LogP contribution in [-0.4, -0.2) is 20.1 Å². The average Bonchev–Trinajstić information content (AvgIpc) is 2.99. The Hall–Kier alpha value is -2.76. The van der Waals surface area contributed by atoms with Crippen molar-refractivity contribution in [3.63, 3.8) is 0 Å². The molecule has 3 aromatic rings. The molecule has 0 saturated carbocycles. The maximum Gasteiger partial charge on any atom is 0.172 e. The summed E-state index contributed by atoms with van der Waals surface area (Å²) in [5.41, 5.74) is 7.88. The Kier molecular flexibility index (Phi) is 2.49. The van der Waals surface area contributed by atoms with Gasteiger partial charge in [-0.25, -0.2) is 0 Å². The quantitative estimate of drug-likeness (QED) is 0.733. The number of aryl methyl sites for hydroxylation is 1. The third kappa shape index (κ3) is 1.83. The third-order valence-electron chi connectivity index (χ3n) is 2.82. The van der Waals surface area contributed by atoms with Crippen molar-refractivity contribution in [1.82, 2.24) is 15.0 Å². The molecule has 3 N–H and O–H groups in total. The zero-order valence-electron chi connectivity index (χ0n) is 10.2. The fourth-order valence-corrected chi connectivity index (χ4v) is 1.87. The number of nitrogens with zero attached hydrogens (tertiary/aromatic N) is 3. The van der Waals surface area contributed by atoms with Crippen LogP contribution in [-0.2, 0) is 0 Å². The minimum absolute atomic E-state index is 0.0996. The van der Waals surface area contributed by atoms with Crippen LogP contribution >= 0.6 is 0 Å². The maximum atomic E-state index is 9.94. The molecule has 0 bridgehead atoms. The van der Waals surface area contributed by atoms with Gasteiger partial charge in [0.2, 0.25) is 0 Å². The van der Waals surface area contributed by atoms with Gasteiger partial charge in [-0.1, -0.05) is 11.3 Å². The summed E-state index contributed by atoms with van der Waals surface area (Å²) in [5, 5.41) is 17.9. The number of rotatable bonds is 2. The van der Waals surface area contributed by atoms with Crippen LogP contribution in [0.15, 0.2) is 41.0 Å². The van der Waals surface area contributed by atoms with Gasteiger partial charge in [0, 0.05) is 0 Å². The van der Waals surface area contributed by atoms with E-state index in [0.29, 0.717) is 23.0 Å². The monoisotopic (exact) mass is 256 g/mol. The molecular weight excluding hydrogens is 244 g/mol. The summed E-state index contributed by atoms with van der Waals surface area (Å²) in [4.78, 5) is 0. The number of hydrogen-bond acceptors (Lipinski definition) is 5. The molecule has 0 aliphatic heterocycles. The summed E-state index contributed by atoms with van der Waals surface area (Å²) in [6.45, 7) is 1.89. The van der Waals surface area contributed by atoms with Crippen molar-refractivity contribution < 1.29 is 9.52 Å². The number of furan rings is 1. The van der Waals surface area contributed by atoms with Crippen molar-refractivity contribution in [3.8, 4) is 22.9 Å². The van der Waals surface area contributed by atoms with E-state index in [1.54, 1.807) is 24.3 Å². The van der Waals surface area contributed by atoms with E-state index in [4.69, 9.17) is 10.2 Å². The lowest BCUT2D eigenvalue weighted by molar-refractivity contribution is 0.469. The Morgan fingerprint density at radius 3 is 2.84 bits per heavy atom. The molecule has 19 heavy (non-hydrogen) atoms. The number of nitrogens with two attached hydrogens (primary N) is 1. The number of hydrogen-bond donors (Lipinski definition) is 2. The van der Waals surface area contributed by atoms with Crippen LogP contribution in [0.4, 0.5) is 5.82 Å². The molecule has 1 aromatic carbocycles. The van der Waals surface area contributed by atoms with Crippen molar-refractivity contribution in [3.05, 3.63) is 42.2 Å². The molecule has 3 rings (SSSR count). The van der Waals surface area contributed by atoms with Crippen LogP contribution in [0.1, 0.15) is 5.56 Å². The first-order valence-corrected chi connectivity index (χ1v) is 5.72. The highest BCUT2D eigenvalue weighted by atomic mass is 16.3. The molecule has 0 atom stereocenters. The van der Waals surface area contributed by atoms with Gasteiger partial charge >= 0.3 is 0 Å². The smallest absolute Gasteiger partial charge is 0.172 e. The second-order valence-electron chi connectivity index (χ2n) is 4.20. The van der Waals surface area contributed by atoms with E-state index < -0.39 is 0 Å². The first-order chi connectivity index (χ1) is 9.16. The third-order valence-corrected chi connectivity index (χ3v) is 2.82. The van der Waals surface area contributed by atoms with E-state index in [1.165, 1.54) is 10.9 Å². The Labute approximate surface area is 109 Å². The molecular formula is C13H12N4O2. The van der Waals surface area contributed by atoms with Gasteiger partial charge in [-0.15, -0.1) is 5.10 Å². The van der Waals surface area contributed by atoms with Crippen LogP contribution in [0.2, 0.25) is 0 Å². The average molecular weight is 256 g/mol. The minimum Gasteiger partial charge on any atom is -0.506 e. The Morgan fingerprint density at radius 2 is 2.16 bits per heavy atom. The van der Waals surface area contributed by atoms with Crippen LogP contribution in [0.25, 0.3) is 17.1 Å². The number of nitrogen functional groups attached to an aromatic ring is 1. The van der Waals surface area contributed by atoms with Gasteiger partial charge in [0.25, 0.3) is 0 Å². The number of phenolic OH excluding ortho intramolecular Hbond substituents is 1. The number of aromatic nitrogens is 3. The molecule has 2 heterocycles. The van der Waals surface area contributed by atoms with Crippen molar-refractivity contribution >= 4 is 5.82 Å². The van der Waals surface area contributed by atoms with E-state index >= 15 is 0 Å². The molecule has 6 nitrogen and oxygen atoms in total. The van der Waals surface area contributed by atoms with Crippen LogP contribution in [0, 0.1) is 6.92 Å². The summed E-state index contributed by atoms with van der Waals surface area (Å²) < 4.78 is 6.62. The largest absolute Gasteiger partial charge is 0.506 e. The van der Waals surface area contributed by atoms with Gasteiger partial charge in [0.1, 0.15) is 11.4 Å². The molecule has 0 fully saturated rings. The summed E-state index contributed by atoms with van der Waals surface area (Å²) in [6, 6.07) is 8.74. The summed E-state index contributed by atoms with van der Waals surface area (Å²) in [5.74, 6) is 0.951. The SMILES string of the molecule is Cc1ccc(-n2nnc(-c3ccco3)c2N)c(O)c1.